The van der Waals surface area contributed by atoms with E-state index in [1.807, 2.05) is 0 Å². The highest BCUT2D eigenvalue weighted by molar-refractivity contribution is 7.72. The summed E-state index contributed by atoms with van der Waals surface area (Å²) in [5.41, 5.74) is 12.6. The van der Waals surface area contributed by atoms with Gasteiger partial charge < -0.3 is 5.73 Å². The predicted octanol–water partition coefficient (Wildman–Crippen LogP) is 5.37. The number of carbonyl (C=O) groups excluding carboxylic acids is 1. The van der Waals surface area contributed by atoms with E-state index in [0.29, 0.717) is 11.8 Å². The molecule has 3 aliphatic carbocycles. The van der Waals surface area contributed by atoms with Gasteiger partial charge in [0.15, 0.2) is 0 Å². The molecule has 1 saturated heterocycles. The van der Waals surface area contributed by atoms with Crippen molar-refractivity contribution < 1.29 is 4.79 Å². The van der Waals surface area contributed by atoms with Crippen molar-refractivity contribution in [1.82, 2.24) is 0 Å². The first-order chi connectivity index (χ1) is 13.4. The first-order valence-corrected chi connectivity index (χ1v) is 22.5. The summed E-state index contributed by atoms with van der Waals surface area (Å²) in [6.07, 6.45) is 7.29. The average Bonchev–Trinajstić information content (AvgIpc) is 3.32. The molecule has 5 heteroatoms. The zero-order valence-corrected chi connectivity index (χ0v) is 22.3. The lowest BCUT2D eigenvalue weighted by Crippen LogP contribution is -2.69. The number of amides is 1. The van der Waals surface area contributed by atoms with Crippen LogP contribution in [0.4, 0.5) is 0 Å². The molecule has 2 N–H and O–H groups in total. The maximum atomic E-state index is 13.8. The highest BCUT2D eigenvalue weighted by Gasteiger charge is 2.89. The van der Waals surface area contributed by atoms with Gasteiger partial charge in [-0.05, 0) is 61.1 Å². The number of hydrogen-bond donors (Lipinski definition) is 1. The summed E-state index contributed by atoms with van der Waals surface area (Å²) < 4.78 is 0. The fraction of sp³-hybridized carbons (Fsp3) is 0.625. The van der Waals surface area contributed by atoms with Crippen LogP contribution in [0.2, 0.25) is 44.3 Å². The molecule has 4 aliphatic rings. The Labute approximate surface area is 179 Å². The molecule has 0 aromatic heterocycles. The monoisotopic (exact) mass is 439 g/mol. The smallest absolute Gasteiger partial charge is 0.221 e. The van der Waals surface area contributed by atoms with Crippen molar-refractivity contribution in [3.05, 3.63) is 40.5 Å². The van der Waals surface area contributed by atoms with Gasteiger partial charge >= 0.3 is 0 Å². The molecule has 4 unspecified atom stereocenters. The molecule has 0 spiro atoms. The lowest BCUT2D eigenvalue weighted by atomic mass is 9.71. The number of rotatable bonds is 2. The van der Waals surface area contributed by atoms with Gasteiger partial charge in [0.1, 0.15) is 0 Å². The second kappa shape index (κ2) is 5.46. The van der Waals surface area contributed by atoms with E-state index >= 15 is 0 Å². The van der Waals surface area contributed by atoms with Crippen molar-refractivity contribution in [3.8, 4) is 0 Å². The Hall–Kier alpha value is -0.919. The molecule has 0 radical (unpaired) electrons. The van der Waals surface area contributed by atoms with Crippen molar-refractivity contribution >= 4 is 34.3 Å². The maximum Gasteiger partial charge on any atom is 0.221 e. The third kappa shape index (κ3) is 1.74. The Bertz CT molecular complexity index is 978. The van der Waals surface area contributed by atoms with Crippen molar-refractivity contribution in [1.29, 1.82) is 0 Å². The predicted molar refractivity (Wildman–Crippen MR) is 131 cm³/mol. The number of allylic oxidation sites excluding steroid dienone is 1. The van der Waals surface area contributed by atoms with Gasteiger partial charge in [-0.2, -0.15) is 0 Å². The topological polar surface area (TPSA) is 43.1 Å². The zero-order chi connectivity index (χ0) is 21.2. The van der Waals surface area contributed by atoms with Crippen LogP contribution in [0.1, 0.15) is 42.9 Å². The van der Waals surface area contributed by atoms with Gasteiger partial charge in [0.25, 0.3) is 0 Å². The Balaban J connectivity index is 1.97. The van der Waals surface area contributed by atoms with Crippen LogP contribution in [0.3, 0.4) is 0 Å². The molecule has 1 aromatic rings. The maximum absolute atomic E-state index is 13.8. The number of nitrogens with two attached hydrogens (primary N) is 1. The number of benzene rings is 1. The summed E-state index contributed by atoms with van der Waals surface area (Å²) in [4.78, 5) is 13.8. The minimum atomic E-state index is -1.90. The lowest BCUT2D eigenvalue weighted by Gasteiger charge is -2.57. The van der Waals surface area contributed by atoms with Gasteiger partial charge in [0, 0.05) is 17.2 Å². The summed E-state index contributed by atoms with van der Waals surface area (Å²) >= 11 is 0. The molecule has 4 atom stereocenters. The molecule has 1 aromatic carbocycles. The Morgan fingerprint density at radius 2 is 1.69 bits per heavy atom. The lowest BCUT2D eigenvalue weighted by molar-refractivity contribution is -0.123. The van der Waals surface area contributed by atoms with Gasteiger partial charge in [0.05, 0.1) is 15.2 Å². The van der Waals surface area contributed by atoms with Crippen LogP contribution < -0.4 is 5.73 Å². The van der Waals surface area contributed by atoms with Gasteiger partial charge in [0.2, 0.25) is 5.91 Å². The Morgan fingerprint density at radius 1 is 1.03 bits per heavy atom. The summed E-state index contributed by atoms with van der Waals surface area (Å²) in [7, 11) is -5.33. The summed E-state index contributed by atoms with van der Waals surface area (Å²) in [5.74, 6) is 1.26. The van der Waals surface area contributed by atoms with Crippen LogP contribution in [0.25, 0.3) is 6.08 Å². The van der Waals surface area contributed by atoms with Gasteiger partial charge in [-0.1, -0.05) is 69.1 Å². The molecule has 1 amide bonds. The SMILES string of the molecule is CC1=Cc2c(cccc2C23C4CCC(C4)C2(C(N)=O)[Si](C)(C)[Si](C)(C)[Si]3(C)C)C1. The molecule has 3 fully saturated rings. The second-order valence-corrected chi connectivity index (χ2v) is 39.9. The largest absolute Gasteiger partial charge is 0.369 e. The van der Waals surface area contributed by atoms with E-state index in [1.54, 1.807) is 5.56 Å². The number of fused-ring (bicyclic) bond motifs is 6. The molecule has 1 heterocycles. The van der Waals surface area contributed by atoms with E-state index in [-0.39, 0.29) is 16.0 Å². The van der Waals surface area contributed by atoms with E-state index in [1.165, 1.54) is 36.0 Å². The molecule has 1 aliphatic heterocycles. The van der Waals surface area contributed by atoms with Crippen LogP contribution in [0.15, 0.2) is 23.8 Å². The first-order valence-electron chi connectivity index (χ1n) is 11.5. The standard InChI is InChI=1S/C24H37NOSi3/c1-16-13-17-9-8-10-21(20(17)14-16)23-18-11-12-19(15-18)24(23,22(25)26)28(4,5)29(6,7)27(23,2)3/h8-10,14,18-19H,11-13,15H2,1-7H3,(H2,25,26). The molecule has 2 bridgehead atoms. The molecular formula is C24H37NOSi3. The average molecular weight is 440 g/mol. The highest BCUT2D eigenvalue weighted by atomic mass is 29.6. The number of hydrogen-bond acceptors (Lipinski definition) is 1. The molecule has 5 rings (SSSR count). The number of primary amides is 1. The van der Waals surface area contributed by atoms with Crippen molar-refractivity contribution in [3.63, 3.8) is 0 Å². The quantitative estimate of drug-likeness (QED) is 0.618. The summed E-state index contributed by atoms with van der Waals surface area (Å²) in [6.45, 7) is 18.1. The van der Waals surface area contributed by atoms with Crippen molar-refractivity contribution in [2.45, 2.75) is 82.0 Å². The first kappa shape index (κ1) is 20.0. The Morgan fingerprint density at radius 3 is 2.34 bits per heavy atom. The van der Waals surface area contributed by atoms with E-state index in [2.05, 4.69) is 70.5 Å². The van der Waals surface area contributed by atoms with Gasteiger partial charge in [-0.25, -0.2) is 0 Å². The van der Waals surface area contributed by atoms with Crippen LogP contribution >= 0.6 is 0 Å². The van der Waals surface area contributed by atoms with Crippen LogP contribution in [-0.4, -0.2) is 28.2 Å². The fourth-order valence-electron chi connectivity index (χ4n) is 9.54. The minimum absolute atomic E-state index is 0.0483. The second-order valence-electron chi connectivity index (χ2n) is 12.1. The van der Waals surface area contributed by atoms with Gasteiger partial charge in [-0.3, -0.25) is 4.79 Å². The van der Waals surface area contributed by atoms with E-state index in [0.717, 1.165) is 6.42 Å². The third-order valence-corrected chi connectivity index (χ3v) is 56.2. The van der Waals surface area contributed by atoms with E-state index < -0.39 is 22.3 Å². The minimum Gasteiger partial charge on any atom is -0.369 e. The molecular weight excluding hydrogens is 403 g/mol. The van der Waals surface area contributed by atoms with Crippen molar-refractivity contribution in [2.75, 3.05) is 0 Å². The summed E-state index contributed by atoms with van der Waals surface area (Å²) in [6, 6.07) is 7.04. The molecule has 156 valence electrons. The number of carbonyl (C=O) groups is 1. The van der Waals surface area contributed by atoms with E-state index in [4.69, 9.17) is 5.73 Å². The molecule has 2 saturated carbocycles. The molecule has 29 heavy (non-hydrogen) atoms. The van der Waals surface area contributed by atoms with Crippen LogP contribution in [-0.2, 0) is 16.3 Å². The zero-order valence-electron chi connectivity index (χ0n) is 19.3. The third-order valence-electron chi connectivity index (χ3n) is 11.2. The van der Waals surface area contributed by atoms with E-state index in [9.17, 15) is 4.79 Å². The highest BCUT2D eigenvalue weighted by Crippen LogP contribution is 2.82. The van der Waals surface area contributed by atoms with Crippen LogP contribution in [0, 0.1) is 11.8 Å². The fourth-order valence-corrected chi connectivity index (χ4v) is 53.8. The van der Waals surface area contributed by atoms with Crippen molar-refractivity contribution in [2.24, 2.45) is 17.6 Å². The normalized spacial score (nSPS) is 39.9. The van der Waals surface area contributed by atoms with Gasteiger partial charge in [-0.15, -0.1) is 0 Å². The van der Waals surface area contributed by atoms with Crippen LogP contribution in [0.5, 0.6) is 0 Å². The molecule has 2 nitrogen and oxygen atoms in total. The summed E-state index contributed by atoms with van der Waals surface area (Å²) in [5, 5.41) is -0.194. The Kier molecular flexibility index (Phi) is 3.77.